The van der Waals surface area contributed by atoms with Crippen molar-refractivity contribution in [1.82, 2.24) is 34.3 Å². The third-order valence-corrected chi connectivity index (χ3v) is 4.81. The summed E-state index contributed by atoms with van der Waals surface area (Å²) in [4.78, 5) is 16.1. The Labute approximate surface area is 163 Å². The highest BCUT2D eigenvalue weighted by Crippen LogP contribution is 2.34. The quantitative estimate of drug-likeness (QED) is 0.563. The minimum Gasteiger partial charge on any atom is -0.366 e. The summed E-state index contributed by atoms with van der Waals surface area (Å²) in [6, 6.07) is 1.34. The summed E-state index contributed by atoms with van der Waals surface area (Å²) >= 11 is 0. The van der Waals surface area contributed by atoms with Gasteiger partial charge in [0.05, 0.1) is 28.5 Å². The maximum absolute atomic E-state index is 15.3. The van der Waals surface area contributed by atoms with Crippen LogP contribution in [0.5, 0.6) is 0 Å². The van der Waals surface area contributed by atoms with Gasteiger partial charge in [-0.25, -0.2) is 18.4 Å². The third kappa shape index (κ3) is 2.69. The Bertz CT molecular complexity index is 1280. The second kappa shape index (κ2) is 6.47. The molecule has 2 N–H and O–H groups in total. The predicted octanol–water partition coefficient (Wildman–Crippen LogP) is 1.94. The average molecular weight is 400 g/mol. The van der Waals surface area contributed by atoms with E-state index in [4.69, 9.17) is 5.73 Å². The molecular formula is C18H18F2N8O. The Kier molecular flexibility index (Phi) is 4.17. The van der Waals surface area contributed by atoms with Gasteiger partial charge in [-0.3, -0.25) is 14.2 Å². The summed E-state index contributed by atoms with van der Waals surface area (Å²) in [6.45, 7) is 3.77. The molecule has 11 heteroatoms. The Balaban J connectivity index is 2.02. The van der Waals surface area contributed by atoms with E-state index in [2.05, 4.69) is 20.3 Å². The first-order valence-corrected chi connectivity index (χ1v) is 8.83. The van der Waals surface area contributed by atoms with Crippen LogP contribution < -0.4 is 5.73 Å². The Hall–Kier alpha value is -3.63. The number of carbonyl (C=O) groups is 1. The summed E-state index contributed by atoms with van der Waals surface area (Å²) in [6.07, 6.45) is 1.47. The number of hydrogen-bond acceptors (Lipinski definition) is 5. The number of fused-ring (bicyclic) bond motifs is 1. The van der Waals surface area contributed by atoms with E-state index in [9.17, 15) is 9.18 Å². The number of aryl methyl sites for hydroxylation is 4. The van der Waals surface area contributed by atoms with Gasteiger partial charge in [0.15, 0.2) is 11.6 Å². The van der Waals surface area contributed by atoms with E-state index in [1.807, 2.05) is 6.92 Å². The molecule has 9 nitrogen and oxygen atoms in total. The van der Waals surface area contributed by atoms with Crippen LogP contribution in [0.4, 0.5) is 8.78 Å². The largest absolute Gasteiger partial charge is 0.366 e. The molecule has 0 aliphatic carbocycles. The van der Waals surface area contributed by atoms with Crippen LogP contribution in [0.15, 0.2) is 12.3 Å². The first-order chi connectivity index (χ1) is 13.7. The molecule has 0 radical (unpaired) electrons. The van der Waals surface area contributed by atoms with E-state index in [0.29, 0.717) is 17.4 Å². The molecule has 4 rings (SSSR count). The monoisotopic (exact) mass is 400 g/mol. The van der Waals surface area contributed by atoms with E-state index in [-0.39, 0.29) is 34.2 Å². The van der Waals surface area contributed by atoms with E-state index < -0.39 is 17.5 Å². The Morgan fingerprint density at radius 3 is 2.55 bits per heavy atom. The summed E-state index contributed by atoms with van der Waals surface area (Å²) in [7, 11) is 3.22. The number of primary amides is 1. The maximum atomic E-state index is 15.3. The minimum atomic E-state index is -0.917. The first-order valence-electron chi connectivity index (χ1n) is 8.83. The van der Waals surface area contributed by atoms with Crippen molar-refractivity contribution in [2.75, 3.05) is 0 Å². The fourth-order valence-electron chi connectivity index (χ4n) is 3.37. The van der Waals surface area contributed by atoms with E-state index >= 15 is 4.39 Å². The normalized spacial score (nSPS) is 11.5. The van der Waals surface area contributed by atoms with Gasteiger partial charge in [-0.15, -0.1) is 5.10 Å². The van der Waals surface area contributed by atoms with Gasteiger partial charge in [0.2, 0.25) is 5.82 Å². The number of aromatic nitrogens is 7. The third-order valence-electron chi connectivity index (χ3n) is 4.81. The van der Waals surface area contributed by atoms with Gasteiger partial charge >= 0.3 is 0 Å². The molecule has 1 aromatic carbocycles. The first kappa shape index (κ1) is 18.7. The topological polar surface area (TPSA) is 109 Å². The second-order valence-corrected chi connectivity index (χ2v) is 6.62. The highest BCUT2D eigenvalue weighted by molar-refractivity contribution is 6.03. The zero-order valence-corrected chi connectivity index (χ0v) is 16.2. The van der Waals surface area contributed by atoms with Crippen molar-refractivity contribution in [2.24, 2.45) is 19.8 Å². The van der Waals surface area contributed by atoms with Crippen LogP contribution in [0.1, 0.15) is 23.0 Å². The SMILES string of the molecule is CCn1nc(C)c(F)c1-c1nc(-c2c(F)c(C(N)=O)cc3c2cnn3C)n(C)n1. The lowest BCUT2D eigenvalue weighted by Crippen LogP contribution is -2.14. The molecule has 0 fully saturated rings. The molecule has 0 bridgehead atoms. The summed E-state index contributed by atoms with van der Waals surface area (Å²) in [5.41, 5.74) is 5.91. The van der Waals surface area contributed by atoms with Crippen LogP contribution in [0, 0.1) is 18.6 Å². The van der Waals surface area contributed by atoms with Gasteiger partial charge in [-0.2, -0.15) is 10.2 Å². The van der Waals surface area contributed by atoms with Crippen molar-refractivity contribution in [2.45, 2.75) is 20.4 Å². The number of nitrogens with two attached hydrogens (primary N) is 1. The highest BCUT2D eigenvalue weighted by Gasteiger charge is 2.26. The van der Waals surface area contributed by atoms with Crippen LogP contribution in [0.2, 0.25) is 0 Å². The zero-order valence-electron chi connectivity index (χ0n) is 16.2. The summed E-state index contributed by atoms with van der Waals surface area (Å²) < 4.78 is 34.1. The van der Waals surface area contributed by atoms with Gasteiger partial charge < -0.3 is 5.73 Å². The lowest BCUT2D eigenvalue weighted by Gasteiger charge is -2.08. The Morgan fingerprint density at radius 1 is 1.17 bits per heavy atom. The molecule has 4 aromatic rings. The van der Waals surface area contributed by atoms with Gasteiger partial charge in [-0.1, -0.05) is 0 Å². The standard InChI is InChI=1S/C18H18F2N8O/c1-5-28-15(13(19)8(2)24-28)17-23-18(27(4)25-17)12-10-7-22-26(3)11(10)6-9(14(12)20)16(21)29/h6-7H,5H2,1-4H3,(H2,21,29). The van der Waals surface area contributed by atoms with Crippen molar-refractivity contribution in [3.8, 4) is 22.9 Å². The molecule has 0 saturated heterocycles. The number of carbonyl (C=O) groups excluding carboxylic acids is 1. The molecule has 29 heavy (non-hydrogen) atoms. The molecule has 0 aliphatic rings. The van der Waals surface area contributed by atoms with Crippen molar-refractivity contribution in [1.29, 1.82) is 0 Å². The smallest absolute Gasteiger partial charge is 0.251 e. The van der Waals surface area contributed by atoms with Gasteiger partial charge in [0.1, 0.15) is 11.5 Å². The zero-order chi connectivity index (χ0) is 21.0. The number of benzene rings is 1. The van der Waals surface area contributed by atoms with Crippen LogP contribution in [0.3, 0.4) is 0 Å². The minimum absolute atomic E-state index is 0.0188. The van der Waals surface area contributed by atoms with E-state index in [1.165, 1.54) is 26.3 Å². The molecule has 0 saturated carbocycles. The van der Waals surface area contributed by atoms with Gasteiger partial charge in [0.25, 0.3) is 5.91 Å². The van der Waals surface area contributed by atoms with Crippen molar-refractivity contribution in [3.05, 3.63) is 35.2 Å². The summed E-state index contributed by atoms with van der Waals surface area (Å²) in [5, 5.41) is 13.0. The van der Waals surface area contributed by atoms with Gasteiger partial charge in [-0.05, 0) is 19.9 Å². The van der Waals surface area contributed by atoms with Crippen LogP contribution in [0.25, 0.3) is 33.8 Å². The maximum Gasteiger partial charge on any atom is 0.251 e. The molecule has 0 spiro atoms. The molecule has 3 heterocycles. The fourth-order valence-corrected chi connectivity index (χ4v) is 3.37. The fraction of sp³-hybridized carbons (Fsp3) is 0.278. The van der Waals surface area contributed by atoms with Crippen LogP contribution >= 0.6 is 0 Å². The van der Waals surface area contributed by atoms with Crippen molar-refractivity contribution < 1.29 is 13.6 Å². The Morgan fingerprint density at radius 2 is 1.90 bits per heavy atom. The lowest BCUT2D eigenvalue weighted by atomic mass is 10.0. The molecule has 0 aliphatic heterocycles. The predicted molar refractivity (Wildman–Crippen MR) is 101 cm³/mol. The van der Waals surface area contributed by atoms with Crippen LogP contribution in [-0.4, -0.2) is 40.2 Å². The van der Waals surface area contributed by atoms with Crippen molar-refractivity contribution in [3.63, 3.8) is 0 Å². The number of halogens is 2. The molecular weight excluding hydrogens is 382 g/mol. The number of rotatable bonds is 4. The molecule has 1 amide bonds. The van der Waals surface area contributed by atoms with E-state index in [1.54, 1.807) is 21.0 Å². The molecule has 0 unspecified atom stereocenters. The van der Waals surface area contributed by atoms with Crippen molar-refractivity contribution >= 4 is 16.8 Å². The van der Waals surface area contributed by atoms with E-state index in [0.717, 1.165) is 0 Å². The average Bonchev–Trinajstić information content (AvgIpc) is 3.31. The highest BCUT2D eigenvalue weighted by atomic mass is 19.1. The molecule has 150 valence electrons. The molecule has 3 aromatic heterocycles. The number of nitrogens with zero attached hydrogens (tertiary/aromatic N) is 7. The molecule has 0 atom stereocenters. The summed E-state index contributed by atoms with van der Waals surface area (Å²) in [5.74, 6) is -2.12. The number of amides is 1. The second-order valence-electron chi connectivity index (χ2n) is 6.62. The van der Waals surface area contributed by atoms with Crippen LogP contribution in [-0.2, 0) is 20.6 Å². The van der Waals surface area contributed by atoms with Gasteiger partial charge in [0, 0.05) is 26.0 Å². The lowest BCUT2D eigenvalue weighted by molar-refractivity contribution is 0.0996. The number of hydrogen-bond donors (Lipinski definition) is 1.